The molecular formula is C16H23NO2. The summed E-state index contributed by atoms with van der Waals surface area (Å²) < 4.78 is 11.2. The molecule has 3 rings (SSSR count). The Kier molecular flexibility index (Phi) is 3.92. The van der Waals surface area contributed by atoms with Gasteiger partial charge in [-0.2, -0.15) is 0 Å². The highest BCUT2D eigenvalue weighted by molar-refractivity contribution is 5.44. The highest BCUT2D eigenvalue weighted by atomic mass is 16.6. The summed E-state index contributed by atoms with van der Waals surface area (Å²) >= 11 is 0. The third-order valence-corrected chi connectivity index (χ3v) is 4.29. The van der Waals surface area contributed by atoms with Gasteiger partial charge in [0.05, 0.1) is 0 Å². The fraction of sp³-hybridized carbons (Fsp3) is 0.625. The van der Waals surface area contributed by atoms with Crippen LogP contribution in [0.25, 0.3) is 0 Å². The zero-order valence-corrected chi connectivity index (χ0v) is 11.7. The van der Waals surface area contributed by atoms with Crippen molar-refractivity contribution in [2.45, 2.75) is 38.6 Å². The molecule has 1 aliphatic carbocycles. The standard InChI is InChI=1S/C16H23NO2/c1-12(17-8-7-13-3-2-4-13)14-5-6-15-16(11-14)19-10-9-18-15/h5-6,11-13,17H,2-4,7-10H2,1H3. The van der Waals surface area contributed by atoms with Gasteiger partial charge in [0.15, 0.2) is 11.5 Å². The first-order valence-corrected chi connectivity index (χ1v) is 7.46. The molecule has 19 heavy (non-hydrogen) atoms. The van der Waals surface area contributed by atoms with E-state index in [2.05, 4.69) is 24.4 Å². The zero-order valence-electron chi connectivity index (χ0n) is 11.7. The predicted octanol–water partition coefficient (Wildman–Crippen LogP) is 3.30. The molecule has 1 aliphatic heterocycles. The summed E-state index contributed by atoms with van der Waals surface area (Å²) in [5, 5.41) is 3.61. The van der Waals surface area contributed by atoms with Crippen LogP contribution in [0.3, 0.4) is 0 Å². The topological polar surface area (TPSA) is 30.5 Å². The molecule has 1 aromatic carbocycles. The second-order valence-corrected chi connectivity index (χ2v) is 5.66. The van der Waals surface area contributed by atoms with E-state index in [1.165, 1.54) is 31.2 Å². The van der Waals surface area contributed by atoms with Crippen molar-refractivity contribution in [3.05, 3.63) is 23.8 Å². The molecule has 1 unspecified atom stereocenters. The summed E-state index contributed by atoms with van der Waals surface area (Å²) in [6.45, 7) is 4.63. The molecule has 0 spiro atoms. The molecule has 1 aromatic rings. The number of benzene rings is 1. The maximum atomic E-state index is 5.63. The van der Waals surface area contributed by atoms with Gasteiger partial charge in [-0.25, -0.2) is 0 Å². The molecule has 1 fully saturated rings. The van der Waals surface area contributed by atoms with Crippen molar-refractivity contribution >= 4 is 0 Å². The van der Waals surface area contributed by atoms with E-state index < -0.39 is 0 Å². The molecule has 3 heteroatoms. The highest BCUT2D eigenvalue weighted by Crippen LogP contribution is 2.33. The normalized spacial score (nSPS) is 19.8. The Hall–Kier alpha value is -1.22. The largest absolute Gasteiger partial charge is 0.486 e. The minimum Gasteiger partial charge on any atom is -0.486 e. The van der Waals surface area contributed by atoms with Crippen molar-refractivity contribution in [3.8, 4) is 11.5 Å². The summed E-state index contributed by atoms with van der Waals surface area (Å²) in [5.41, 5.74) is 1.28. The monoisotopic (exact) mass is 261 g/mol. The van der Waals surface area contributed by atoms with Crippen molar-refractivity contribution < 1.29 is 9.47 Å². The van der Waals surface area contributed by atoms with Gasteiger partial charge in [0.2, 0.25) is 0 Å². The number of nitrogens with one attached hydrogen (secondary N) is 1. The molecule has 104 valence electrons. The van der Waals surface area contributed by atoms with Crippen molar-refractivity contribution in [3.63, 3.8) is 0 Å². The Labute approximate surface area is 115 Å². The lowest BCUT2D eigenvalue weighted by atomic mass is 9.83. The maximum Gasteiger partial charge on any atom is 0.161 e. The van der Waals surface area contributed by atoms with Crippen molar-refractivity contribution in [1.29, 1.82) is 0 Å². The Balaban J connectivity index is 1.54. The lowest BCUT2D eigenvalue weighted by Gasteiger charge is -2.26. The van der Waals surface area contributed by atoms with E-state index in [0.717, 1.165) is 24.0 Å². The number of ether oxygens (including phenoxy) is 2. The summed E-state index contributed by atoms with van der Waals surface area (Å²) in [5.74, 6) is 2.73. The molecule has 1 N–H and O–H groups in total. The van der Waals surface area contributed by atoms with E-state index in [-0.39, 0.29) is 0 Å². The van der Waals surface area contributed by atoms with Crippen LogP contribution in [0, 0.1) is 5.92 Å². The minimum atomic E-state index is 0.371. The Morgan fingerprint density at radius 2 is 2.00 bits per heavy atom. The first kappa shape index (κ1) is 12.8. The molecule has 0 radical (unpaired) electrons. The summed E-state index contributed by atoms with van der Waals surface area (Å²) in [6.07, 6.45) is 5.61. The van der Waals surface area contributed by atoms with Gasteiger partial charge in [0.1, 0.15) is 13.2 Å². The quantitative estimate of drug-likeness (QED) is 0.882. The number of hydrogen-bond acceptors (Lipinski definition) is 3. The van der Waals surface area contributed by atoms with E-state index in [0.29, 0.717) is 19.3 Å². The molecule has 1 saturated carbocycles. The molecule has 1 atom stereocenters. The van der Waals surface area contributed by atoms with E-state index in [9.17, 15) is 0 Å². The third kappa shape index (κ3) is 3.03. The smallest absolute Gasteiger partial charge is 0.161 e. The molecule has 0 saturated heterocycles. The third-order valence-electron chi connectivity index (χ3n) is 4.29. The summed E-state index contributed by atoms with van der Waals surface area (Å²) in [6, 6.07) is 6.63. The molecule has 0 aromatic heterocycles. The number of fused-ring (bicyclic) bond motifs is 1. The van der Waals surface area contributed by atoms with E-state index in [1.807, 2.05) is 6.07 Å². The van der Waals surface area contributed by atoms with Crippen LogP contribution in [0.2, 0.25) is 0 Å². The van der Waals surface area contributed by atoms with Crippen molar-refractivity contribution in [2.75, 3.05) is 19.8 Å². The van der Waals surface area contributed by atoms with Crippen LogP contribution in [0.4, 0.5) is 0 Å². The average Bonchev–Trinajstić information content (AvgIpc) is 2.40. The Morgan fingerprint density at radius 1 is 1.21 bits per heavy atom. The van der Waals surface area contributed by atoms with Crippen LogP contribution in [-0.2, 0) is 0 Å². The van der Waals surface area contributed by atoms with E-state index in [4.69, 9.17) is 9.47 Å². The van der Waals surface area contributed by atoms with Crippen LogP contribution < -0.4 is 14.8 Å². The summed E-state index contributed by atoms with van der Waals surface area (Å²) in [4.78, 5) is 0. The second-order valence-electron chi connectivity index (χ2n) is 5.66. The van der Waals surface area contributed by atoms with Gasteiger partial charge in [-0.1, -0.05) is 25.3 Å². The number of rotatable bonds is 5. The van der Waals surface area contributed by atoms with E-state index >= 15 is 0 Å². The fourth-order valence-corrected chi connectivity index (χ4v) is 2.73. The molecule has 0 bridgehead atoms. The van der Waals surface area contributed by atoms with Crippen LogP contribution in [0.15, 0.2) is 18.2 Å². The first-order valence-electron chi connectivity index (χ1n) is 7.46. The molecular weight excluding hydrogens is 238 g/mol. The van der Waals surface area contributed by atoms with Gasteiger partial charge in [-0.15, -0.1) is 0 Å². The van der Waals surface area contributed by atoms with Gasteiger partial charge in [-0.3, -0.25) is 0 Å². The Morgan fingerprint density at radius 3 is 2.74 bits per heavy atom. The van der Waals surface area contributed by atoms with E-state index in [1.54, 1.807) is 0 Å². The highest BCUT2D eigenvalue weighted by Gasteiger charge is 2.18. The van der Waals surface area contributed by atoms with Crippen molar-refractivity contribution in [1.82, 2.24) is 5.32 Å². The maximum absolute atomic E-state index is 5.63. The zero-order chi connectivity index (χ0) is 13.1. The fourth-order valence-electron chi connectivity index (χ4n) is 2.73. The summed E-state index contributed by atoms with van der Waals surface area (Å²) in [7, 11) is 0. The van der Waals surface area contributed by atoms with Crippen molar-refractivity contribution in [2.24, 2.45) is 5.92 Å². The molecule has 3 nitrogen and oxygen atoms in total. The SMILES string of the molecule is CC(NCCC1CCC1)c1ccc2c(c1)OCCO2. The van der Waals surface area contributed by atoms with Gasteiger partial charge < -0.3 is 14.8 Å². The van der Waals surface area contributed by atoms with Crippen LogP contribution in [0.1, 0.15) is 44.2 Å². The van der Waals surface area contributed by atoms with Gasteiger partial charge in [0, 0.05) is 6.04 Å². The second kappa shape index (κ2) is 5.83. The predicted molar refractivity (Wildman–Crippen MR) is 75.8 cm³/mol. The molecule has 2 aliphatic rings. The van der Waals surface area contributed by atoms with Gasteiger partial charge >= 0.3 is 0 Å². The van der Waals surface area contributed by atoms with Gasteiger partial charge in [0.25, 0.3) is 0 Å². The molecule has 0 amide bonds. The van der Waals surface area contributed by atoms with Crippen LogP contribution in [-0.4, -0.2) is 19.8 Å². The lowest BCUT2D eigenvalue weighted by Crippen LogP contribution is -2.24. The molecule has 1 heterocycles. The van der Waals surface area contributed by atoms with Crippen LogP contribution >= 0.6 is 0 Å². The number of hydrogen-bond donors (Lipinski definition) is 1. The Bertz CT molecular complexity index is 429. The first-order chi connectivity index (χ1) is 9.33. The average molecular weight is 261 g/mol. The van der Waals surface area contributed by atoms with Crippen LogP contribution in [0.5, 0.6) is 11.5 Å². The minimum absolute atomic E-state index is 0.371. The van der Waals surface area contributed by atoms with Gasteiger partial charge in [-0.05, 0) is 43.5 Å². The lowest BCUT2D eigenvalue weighted by molar-refractivity contribution is 0.171.